The number of rotatable bonds is 4. The van der Waals surface area contributed by atoms with Gasteiger partial charge in [0, 0.05) is 17.0 Å². The highest BCUT2D eigenvalue weighted by molar-refractivity contribution is 7.14. The third-order valence-corrected chi connectivity index (χ3v) is 5.65. The maximum absolute atomic E-state index is 12.1. The van der Waals surface area contributed by atoms with Crippen LogP contribution in [0.25, 0.3) is 17.3 Å². The number of benzene rings is 2. The zero-order valence-electron chi connectivity index (χ0n) is 15.8. The first-order chi connectivity index (χ1) is 13.2. The zero-order valence-corrected chi connectivity index (χ0v) is 18.1. The first kappa shape index (κ1) is 20.6. The van der Waals surface area contributed by atoms with E-state index in [-0.39, 0.29) is 11.3 Å². The van der Waals surface area contributed by atoms with Crippen molar-refractivity contribution in [3.63, 3.8) is 0 Å². The highest BCUT2D eigenvalue weighted by atomic mass is 35.5. The van der Waals surface area contributed by atoms with Gasteiger partial charge in [-0.3, -0.25) is 10.1 Å². The van der Waals surface area contributed by atoms with Crippen molar-refractivity contribution in [1.29, 1.82) is 0 Å². The topological polar surface area (TPSA) is 42.0 Å². The third kappa shape index (κ3) is 5.22. The monoisotopic (exact) mass is 430 g/mol. The molecule has 0 atom stereocenters. The molecule has 28 heavy (non-hydrogen) atoms. The Bertz CT molecular complexity index is 1020. The number of aromatic nitrogens is 1. The lowest BCUT2D eigenvalue weighted by atomic mass is 9.86. The first-order valence-electron chi connectivity index (χ1n) is 8.73. The van der Waals surface area contributed by atoms with Crippen LogP contribution in [-0.4, -0.2) is 10.9 Å². The Kier molecular flexibility index (Phi) is 6.23. The van der Waals surface area contributed by atoms with Gasteiger partial charge in [0.2, 0.25) is 5.91 Å². The van der Waals surface area contributed by atoms with Crippen molar-refractivity contribution in [2.45, 2.75) is 26.2 Å². The second-order valence-corrected chi connectivity index (χ2v) is 9.03. The molecular weight excluding hydrogens is 411 g/mol. The SMILES string of the molecule is CC(C)(C)c1ccc(-c2csc(NC(=O)/C=C/c3ccc(Cl)c(Cl)c3)n2)cc1. The molecule has 144 valence electrons. The molecule has 1 aromatic heterocycles. The van der Waals surface area contributed by atoms with E-state index in [9.17, 15) is 4.79 Å². The number of nitrogens with zero attached hydrogens (tertiary/aromatic N) is 1. The highest BCUT2D eigenvalue weighted by Gasteiger charge is 2.14. The van der Waals surface area contributed by atoms with Crippen molar-refractivity contribution in [2.75, 3.05) is 5.32 Å². The van der Waals surface area contributed by atoms with Gasteiger partial charge in [-0.1, -0.05) is 74.3 Å². The van der Waals surface area contributed by atoms with Crippen molar-refractivity contribution in [3.8, 4) is 11.3 Å². The smallest absolute Gasteiger partial charge is 0.250 e. The molecule has 2 aromatic carbocycles. The normalized spacial score (nSPS) is 11.8. The molecule has 0 bridgehead atoms. The van der Waals surface area contributed by atoms with Crippen LogP contribution in [-0.2, 0) is 10.2 Å². The minimum absolute atomic E-state index is 0.111. The van der Waals surface area contributed by atoms with Gasteiger partial charge < -0.3 is 0 Å². The largest absolute Gasteiger partial charge is 0.298 e. The number of nitrogens with one attached hydrogen (secondary N) is 1. The van der Waals surface area contributed by atoms with Gasteiger partial charge in [-0.25, -0.2) is 4.98 Å². The number of anilines is 1. The van der Waals surface area contributed by atoms with E-state index in [1.165, 1.54) is 23.0 Å². The maximum atomic E-state index is 12.1. The van der Waals surface area contributed by atoms with Crippen molar-refractivity contribution in [2.24, 2.45) is 0 Å². The van der Waals surface area contributed by atoms with Crippen LogP contribution in [0.15, 0.2) is 53.9 Å². The van der Waals surface area contributed by atoms with E-state index in [0.29, 0.717) is 15.2 Å². The summed E-state index contributed by atoms with van der Waals surface area (Å²) in [7, 11) is 0. The predicted molar refractivity (Wildman–Crippen MR) is 120 cm³/mol. The van der Waals surface area contributed by atoms with Gasteiger partial charge in [0.1, 0.15) is 0 Å². The minimum atomic E-state index is -0.255. The standard InChI is InChI=1S/C22H20Cl2N2OS/c1-22(2,3)16-8-6-15(7-9-16)19-13-28-21(25-19)26-20(27)11-5-14-4-10-17(23)18(24)12-14/h4-13H,1-3H3,(H,25,26,27)/b11-5+. The van der Waals surface area contributed by atoms with Crippen molar-refractivity contribution in [1.82, 2.24) is 4.98 Å². The fourth-order valence-electron chi connectivity index (χ4n) is 2.54. The number of carbonyl (C=O) groups is 1. The van der Waals surface area contributed by atoms with E-state index in [0.717, 1.165) is 16.8 Å². The summed E-state index contributed by atoms with van der Waals surface area (Å²) in [6.45, 7) is 6.55. The van der Waals surface area contributed by atoms with Crippen LogP contribution in [0.1, 0.15) is 31.9 Å². The average molecular weight is 431 g/mol. The molecule has 0 aliphatic heterocycles. The summed E-state index contributed by atoms with van der Waals surface area (Å²) < 4.78 is 0. The number of carbonyl (C=O) groups excluding carboxylic acids is 1. The Balaban J connectivity index is 1.66. The molecule has 3 rings (SSSR count). The lowest BCUT2D eigenvalue weighted by molar-refractivity contribution is -0.111. The Hall–Kier alpha value is -2.14. The number of thiazole rings is 1. The molecule has 1 heterocycles. The third-order valence-electron chi connectivity index (χ3n) is 4.15. The van der Waals surface area contributed by atoms with Crippen LogP contribution in [0.2, 0.25) is 10.0 Å². The van der Waals surface area contributed by atoms with E-state index in [1.54, 1.807) is 24.3 Å². The van der Waals surface area contributed by atoms with E-state index in [4.69, 9.17) is 23.2 Å². The molecule has 0 spiro atoms. The number of hydrogen-bond donors (Lipinski definition) is 1. The molecule has 6 heteroatoms. The van der Waals surface area contributed by atoms with Gasteiger partial charge in [-0.2, -0.15) is 0 Å². The van der Waals surface area contributed by atoms with Gasteiger partial charge in [0.25, 0.3) is 0 Å². The predicted octanol–water partition coefficient (Wildman–Crippen LogP) is 7.07. The lowest BCUT2D eigenvalue weighted by Gasteiger charge is -2.18. The molecule has 3 aromatic rings. The molecule has 0 saturated heterocycles. The Morgan fingerprint density at radius 3 is 2.43 bits per heavy atom. The molecule has 1 N–H and O–H groups in total. The Morgan fingerprint density at radius 2 is 1.79 bits per heavy atom. The fourth-order valence-corrected chi connectivity index (χ4v) is 3.57. The molecule has 0 saturated carbocycles. The molecular formula is C22H20Cl2N2OS. The molecule has 0 aliphatic rings. The molecule has 1 amide bonds. The van der Waals surface area contributed by atoms with E-state index in [2.05, 4.69) is 55.3 Å². The summed E-state index contributed by atoms with van der Waals surface area (Å²) in [5.74, 6) is -0.255. The second-order valence-electron chi connectivity index (χ2n) is 7.36. The first-order valence-corrected chi connectivity index (χ1v) is 10.4. The Morgan fingerprint density at radius 1 is 1.07 bits per heavy atom. The molecule has 0 radical (unpaired) electrons. The number of halogens is 2. The second kappa shape index (κ2) is 8.48. The van der Waals surface area contributed by atoms with Crippen molar-refractivity contribution in [3.05, 3.63) is 75.1 Å². The van der Waals surface area contributed by atoms with Crippen LogP contribution >= 0.6 is 34.5 Å². The Labute approximate surface area is 179 Å². The molecule has 0 fully saturated rings. The quantitative estimate of drug-likeness (QED) is 0.449. The lowest BCUT2D eigenvalue weighted by Crippen LogP contribution is -2.10. The number of hydrogen-bond acceptors (Lipinski definition) is 3. The van der Waals surface area contributed by atoms with E-state index < -0.39 is 0 Å². The van der Waals surface area contributed by atoms with Crippen LogP contribution in [0.3, 0.4) is 0 Å². The summed E-state index contributed by atoms with van der Waals surface area (Å²) in [4.78, 5) is 16.7. The van der Waals surface area contributed by atoms with Gasteiger partial charge in [0.05, 0.1) is 15.7 Å². The number of amides is 1. The molecule has 0 unspecified atom stereocenters. The molecule has 3 nitrogen and oxygen atoms in total. The summed E-state index contributed by atoms with van der Waals surface area (Å²) in [5, 5.41) is 6.21. The van der Waals surface area contributed by atoms with E-state index >= 15 is 0 Å². The van der Waals surface area contributed by atoms with Crippen LogP contribution in [0.4, 0.5) is 5.13 Å². The fraction of sp³-hybridized carbons (Fsp3) is 0.182. The van der Waals surface area contributed by atoms with E-state index in [1.807, 2.05) is 5.38 Å². The zero-order chi connectivity index (χ0) is 20.3. The van der Waals surface area contributed by atoms with Gasteiger partial charge >= 0.3 is 0 Å². The van der Waals surface area contributed by atoms with Gasteiger partial charge in [-0.15, -0.1) is 11.3 Å². The summed E-state index contributed by atoms with van der Waals surface area (Å²) in [6.07, 6.45) is 3.12. The average Bonchev–Trinajstić information content (AvgIpc) is 3.10. The van der Waals surface area contributed by atoms with Crippen LogP contribution in [0.5, 0.6) is 0 Å². The van der Waals surface area contributed by atoms with Crippen molar-refractivity contribution < 1.29 is 4.79 Å². The highest BCUT2D eigenvalue weighted by Crippen LogP contribution is 2.28. The van der Waals surface area contributed by atoms with Gasteiger partial charge in [-0.05, 0) is 34.8 Å². The summed E-state index contributed by atoms with van der Waals surface area (Å²) >= 11 is 13.3. The summed E-state index contributed by atoms with van der Waals surface area (Å²) in [5.41, 5.74) is 4.04. The minimum Gasteiger partial charge on any atom is -0.298 e. The van der Waals surface area contributed by atoms with Crippen molar-refractivity contribution >= 4 is 51.7 Å². The molecule has 0 aliphatic carbocycles. The maximum Gasteiger partial charge on any atom is 0.250 e. The van der Waals surface area contributed by atoms with Crippen LogP contribution < -0.4 is 5.32 Å². The summed E-state index contributed by atoms with van der Waals surface area (Å²) in [6, 6.07) is 13.5. The van der Waals surface area contributed by atoms with Gasteiger partial charge in [0.15, 0.2) is 5.13 Å². The van der Waals surface area contributed by atoms with Crippen LogP contribution in [0, 0.1) is 0 Å².